The highest BCUT2D eigenvalue weighted by Crippen LogP contribution is 2.26. The molecule has 1 heterocycles. The molecule has 0 aliphatic heterocycles. The van der Waals surface area contributed by atoms with Gasteiger partial charge in [-0.25, -0.2) is 4.68 Å². The summed E-state index contributed by atoms with van der Waals surface area (Å²) in [6.45, 7) is 3.59. The van der Waals surface area contributed by atoms with E-state index in [1.54, 1.807) is 25.1 Å². The van der Waals surface area contributed by atoms with Gasteiger partial charge in [0.25, 0.3) is 0 Å². The summed E-state index contributed by atoms with van der Waals surface area (Å²) < 4.78 is 1.34. The normalized spacial score (nSPS) is 12.2. The second-order valence-electron chi connectivity index (χ2n) is 4.64. The van der Waals surface area contributed by atoms with E-state index in [9.17, 15) is 4.79 Å². The molecule has 1 aromatic heterocycles. The molecular formula is C13H15Cl2N5OS. The molecule has 1 amide bonds. The summed E-state index contributed by atoms with van der Waals surface area (Å²) >= 11 is 13.2. The minimum atomic E-state index is -0.227. The summed E-state index contributed by atoms with van der Waals surface area (Å²) in [6.07, 6.45) is 0. The largest absolute Gasteiger partial charge is 0.349 e. The van der Waals surface area contributed by atoms with Crippen molar-refractivity contribution in [1.82, 2.24) is 20.2 Å². The van der Waals surface area contributed by atoms with E-state index in [1.165, 1.54) is 16.4 Å². The number of amides is 1. The maximum Gasteiger partial charge on any atom is 0.230 e. The second-order valence-corrected chi connectivity index (χ2v) is 6.43. The molecule has 0 saturated carbocycles. The van der Waals surface area contributed by atoms with Crippen molar-refractivity contribution in [3.8, 4) is 0 Å². The maximum atomic E-state index is 12.0. The number of benzene rings is 1. The van der Waals surface area contributed by atoms with Crippen LogP contribution in [0.25, 0.3) is 0 Å². The van der Waals surface area contributed by atoms with E-state index >= 15 is 0 Å². The number of aryl methyl sites for hydroxylation is 1. The highest BCUT2D eigenvalue weighted by molar-refractivity contribution is 7.99. The molecule has 2 aromatic rings. The van der Waals surface area contributed by atoms with Gasteiger partial charge in [0, 0.05) is 10.0 Å². The molecule has 1 aromatic carbocycles. The Hall–Kier alpha value is -1.44. The van der Waals surface area contributed by atoms with Crippen LogP contribution in [0.15, 0.2) is 23.4 Å². The van der Waals surface area contributed by atoms with Crippen LogP contribution < -0.4 is 11.2 Å². The smallest absolute Gasteiger partial charge is 0.230 e. The molecule has 0 radical (unpaired) electrons. The maximum absolute atomic E-state index is 12.0. The standard InChI is InChI=1S/C13H15Cl2N5OS/c1-7(10-4-3-9(14)5-11(10)15)17-12(21)6-22-13-19-18-8(2)20(13)16/h3-5,7H,6,16H2,1-2H3,(H,17,21)/t7-/m0/s1. The van der Waals surface area contributed by atoms with Gasteiger partial charge in [-0.05, 0) is 31.5 Å². The lowest BCUT2D eigenvalue weighted by Gasteiger charge is -2.15. The first-order chi connectivity index (χ1) is 10.4. The lowest BCUT2D eigenvalue weighted by molar-refractivity contribution is -0.119. The zero-order valence-electron chi connectivity index (χ0n) is 12.0. The molecule has 22 heavy (non-hydrogen) atoms. The number of hydrogen-bond acceptors (Lipinski definition) is 5. The molecule has 2 rings (SSSR count). The Morgan fingerprint density at radius 2 is 2.18 bits per heavy atom. The van der Waals surface area contributed by atoms with Crippen molar-refractivity contribution in [1.29, 1.82) is 0 Å². The number of nitrogens with zero attached hydrogens (tertiary/aromatic N) is 3. The van der Waals surface area contributed by atoms with Gasteiger partial charge in [0.15, 0.2) is 0 Å². The average molecular weight is 360 g/mol. The molecule has 0 aliphatic carbocycles. The van der Waals surface area contributed by atoms with Gasteiger partial charge in [-0.2, -0.15) is 0 Å². The fourth-order valence-electron chi connectivity index (χ4n) is 1.79. The molecule has 6 nitrogen and oxygen atoms in total. The Bertz CT molecular complexity index is 691. The fourth-order valence-corrected chi connectivity index (χ4v) is 3.08. The Morgan fingerprint density at radius 1 is 1.45 bits per heavy atom. The Kier molecular flexibility index (Phi) is 5.55. The van der Waals surface area contributed by atoms with Crippen LogP contribution in [0.2, 0.25) is 10.0 Å². The molecule has 1 atom stereocenters. The predicted molar refractivity (Wildman–Crippen MR) is 88.7 cm³/mol. The topological polar surface area (TPSA) is 85.8 Å². The number of thioether (sulfide) groups is 1. The van der Waals surface area contributed by atoms with Crippen molar-refractivity contribution >= 4 is 40.9 Å². The minimum absolute atomic E-state index is 0.149. The van der Waals surface area contributed by atoms with Gasteiger partial charge in [-0.1, -0.05) is 41.0 Å². The van der Waals surface area contributed by atoms with Crippen LogP contribution in [-0.4, -0.2) is 26.5 Å². The van der Waals surface area contributed by atoms with Gasteiger partial charge in [-0.15, -0.1) is 10.2 Å². The van der Waals surface area contributed by atoms with Gasteiger partial charge >= 0.3 is 0 Å². The first-order valence-corrected chi connectivity index (χ1v) is 8.17. The van der Waals surface area contributed by atoms with E-state index in [-0.39, 0.29) is 17.7 Å². The summed E-state index contributed by atoms with van der Waals surface area (Å²) in [5.41, 5.74) is 0.808. The lowest BCUT2D eigenvalue weighted by Crippen LogP contribution is -2.28. The first kappa shape index (κ1) is 16.9. The number of carbonyl (C=O) groups is 1. The van der Waals surface area contributed by atoms with E-state index in [0.717, 1.165) is 5.56 Å². The SMILES string of the molecule is Cc1nnc(SCC(=O)N[C@@H](C)c2ccc(Cl)cc2Cl)n1N. The van der Waals surface area contributed by atoms with Gasteiger partial charge in [0.05, 0.1) is 11.8 Å². The summed E-state index contributed by atoms with van der Waals surface area (Å²) in [6, 6.07) is 4.95. The van der Waals surface area contributed by atoms with Crippen LogP contribution in [0, 0.1) is 6.92 Å². The second kappa shape index (κ2) is 7.21. The zero-order chi connectivity index (χ0) is 16.3. The molecule has 9 heteroatoms. The van der Waals surface area contributed by atoms with Crippen LogP contribution in [0.4, 0.5) is 0 Å². The van der Waals surface area contributed by atoms with Gasteiger partial charge < -0.3 is 11.2 Å². The third-order valence-corrected chi connectivity index (χ3v) is 4.48. The van der Waals surface area contributed by atoms with Crippen LogP contribution >= 0.6 is 35.0 Å². The van der Waals surface area contributed by atoms with E-state index in [4.69, 9.17) is 29.0 Å². The highest BCUT2D eigenvalue weighted by Gasteiger charge is 2.14. The molecule has 0 spiro atoms. The number of hydrogen-bond donors (Lipinski definition) is 2. The molecule has 0 unspecified atom stereocenters. The van der Waals surface area contributed by atoms with Crippen LogP contribution in [0.1, 0.15) is 24.4 Å². The lowest BCUT2D eigenvalue weighted by atomic mass is 10.1. The highest BCUT2D eigenvalue weighted by atomic mass is 35.5. The van der Waals surface area contributed by atoms with Crippen molar-refractivity contribution in [2.75, 3.05) is 11.6 Å². The number of nitrogens with one attached hydrogen (secondary N) is 1. The molecule has 0 saturated heterocycles. The number of halogens is 2. The molecule has 0 aliphatic rings. The zero-order valence-corrected chi connectivity index (χ0v) is 14.3. The molecule has 118 valence electrons. The van der Waals surface area contributed by atoms with Gasteiger partial charge in [-0.3, -0.25) is 4.79 Å². The van der Waals surface area contributed by atoms with Crippen LogP contribution in [0.3, 0.4) is 0 Å². The van der Waals surface area contributed by atoms with Crippen LogP contribution in [0.5, 0.6) is 0 Å². The van der Waals surface area contributed by atoms with Crippen molar-refractivity contribution in [2.24, 2.45) is 0 Å². The molecule has 0 bridgehead atoms. The van der Waals surface area contributed by atoms with Gasteiger partial charge in [0.1, 0.15) is 5.82 Å². The van der Waals surface area contributed by atoms with Crippen LogP contribution in [-0.2, 0) is 4.79 Å². The van der Waals surface area contributed by atoms with Crippen molar-refractivity contribution in [3.63, 3.8) is 0 Å². The minimum Gasteiger partial charge on any atom is -0.349 e. The Labute approximate surface area is 142 Å². The number of carbonyl (C=O) groups excluding carboxylic acids is 1. The van der Waals surface area contributed by atoms with Crippen molar-refractivity contribution in [2.45, 2.75) is 25.0 Å². The summed E-state index contributed by atoms with van der Waals surface area (Å²) in [7, 11) is 0. The molecule has 3 N–H and O–H groups in total. The third kappa shape index (κ3) is 4.06. The summed E-state index contributed by atoms with van der Waals surface area (Å²) in [5.74, 6) is 6.35. The molecule has 0 fully saturated rings. The van der Waals surface area contributed by atoms with Crippen molar-refractivity contribution < 1.29 is 4.79 Å². The fraction of sp³-hybridized carbons (Fsp3) is 0.308. The number of nitrogens with two attached hydrogens (primary N) is 1. The number of aromatic nitrogens is 3. The van der Waals surface area contributed by atoms with Crippen molar-refractivity contribution in [3.05, 3.63) is 39.6 Å². The Balaban J connectivity index is 1.92. The van der Waals surface area contributed by atoms with Gasteiger partial charge in [0.2, 0.25) is 11.1 Å². The average Bonchev–Trinajstić information content (AvgIpc) is 2.76. The number of rotatable bonds is 5. The summed E-state index contributed by atoms with van der Waals surface area (Å²) in [4.78, 5) is 12.0. The first-order valence-electron chi connectivity index (χ1n) is 6.42. The third-order valence-electron chi connectivity index (χ3n) is 2.97. The summed E-state index contributed by atoms with van der Waals surface area (Å²) in [5, 5.41) is 12.1. The van der Waals surface area contributed by atoms with E-state index in [1.807, 2.05) is 6.92 Å². The quantitative estimate of drug-likeness (QED) is 0.632. The van der Waals surface area contributed by atoms with E-state index in [2.05, 4.69) is 15.5 Å². The monoisotopic (exact) mass is 359 g/mol. The molecular weight excluding hydrogens is 345 g/mol. The van der Waals surface area contributed by atoms with E-state index < -0.39 is 0 Å². The number of nitrogen functional groups attached to an aromatic ring is 1. The van der Waals surface area contributed by atoms with E-state index in [0.29, 0.717) is 21.0 Å². The Morgan fingerprint density at radius 3 is 2.77 bits per heavy atom. The predicted octanol–water partition coefficient (Wildman–Crippen LogP) is 2.58.